The molecule has 0 unspecified atom stereocenters. The van der Waals surface area contributed by atoms with Crippen LogP contribution >= 0.6 is 15.9 Å². The molecule has 2 amide bonds. The molecule has 3 aromatic rings. The molecule has 0 aliphatic carbocycles. The van der Waals surface area contributed by atoms with Gasteiger partial charge in [-0.3, -0.25) is 9.59 Å². The summed E-state index contributed by atoms with van der Waals surface area (Å²) in [5.41, 5.74) is 1.12. The molecule has 2 aromatic carbocycles. The number of anilines is 1. The predicted molar refractivity (Wildman–Crippen MR) is 121 cm³/mol. The first-order valence-corrected chi connectivity index (χ1v) is 11.1. The lowest BCUT2D eigenvalue weighted by Gasteiger charge is -2.26. The smallest absolute Gasteiger partial charge is 0.291 e. The second kappa shape index (κ2) is 9.83. The van der Waals surface area contributed by atoms with Crippen molar-refractivity contribution in [1.29, 1.82) is 0 Å². The van der Waals surface area contributed by atoms with E-state index < -0.39 is 0 Å². The Hall–Kier alpha value is -3.06. The van der Waals surface area contributed by atoms with Crippen molar-refractivity contribution < 1.29 is 18.7 Å². The molecule has 1 aliphatic rings. The first-order chi connectivity index (χ1) is 15.1. The van der Waals surface area contributed by atoms with E-state index in [1.807, 2.05) is 29.2 Å². The molecule has 160 valence electrons. The van der Waals surface area contributed by atoms with Gasteiger partial charge in [-0.05, 0) is 67.8 Å². The third-order valence-corrected chi connectivity index (χ3v) is 5.57. The maximum Gasteiger partial charge on any atom is 0.291 e. The monoisotopic (exact) mass is 482 g/mol. The molecule has 1 aromatic heterocycles. The van der Waals surface area contributed by atoms with Crippen LogP contribution in [0.5, 0.6) is 5.75 Å². The van der Waals surface area contributed by atoms with Crippen LogP contribution in [0.15, 0.2) is 69.6 Å². The highest BCUT2D eigenvalue weighted by Gasteiger charge is 2.19. The first-order valence-electron chi connectivity index (χ1n) is 10.3. The number of hydrogen-bond acceptors (Lipinski definition) is 4. The molecule has 2 heterocycles. The van der Waals surface area contributed by atoms with Crippen LogP contribution in [0.1, 0.15) is 45.9 Å². The van der Waals surface area contributed by atoms with Gasteiger partial charge in [-0.15, -0.1) is 0 Å². The first kappa shape index (κ1) is 21.2. The fraction of sp³-hybridized carbons (Fsp3) is 0.250. The van der Waals surface area contributed by atoms with Gasteiger partial charge in [0.2, 0.25) is 0 Å². The van der Waals surface area contributed by atoms with Crippen molar-refractivity contribution in [3.8, 4) is 5.75 Å². The number of likely N-dealkylation sites (tertiary alicyclic amines) is 1. The molecule has 0 saturated carbocycles. The highest BCUT2D eigenvalue weighted by Crippen LogP contribution is 2.20. The Morgan fingerprint density at radius 1 is 1.00 bits per heavy atom. The maximum absolute atomic E-state index is 12.7. The molecular formula is C24H23BrN2O4. The molecule has 31 heavy (non-hydrogen) atoms. The zero-order valence-corrected chi connectivity index (χ0v) is 18.6. The number of amides is 2. The Morgan fingerprint density at radius 2 is 1.81 bits per heavy atom. The van der Waals surface area contributed by atoms with E-state index in [1.54, 1.807) is 36.4 Å². The molecule has 0 bridgehead atoms. The van der Waals surface area contributed by atoms with Crippen LogP contribution in [0.3, 0.4) is 0 Å². The third kappa shape index (κ3) is 5.55. The normalized spacial score (nSPS) is 13.6. The number of carbonyl (C=O) groups is 2. The van der Waals surface area contributed by atoms with Gasteiger partial charge in [-0.25, -0.2) is 0 Å². The molecule has 6 nitrogen and oxygen atoms in total. The number of rotatable bonds is 6. The quantitative estimate of drug-likeness (QED) is 0.503. The number of carbonyl (C=O) groups excluding carboxylic acids is 2. The summed E-state index contributed by atoms with van der Waals surface area (Å²) >= 11 is 3.40. The molecule has 1 aliphatic heterocycles. The van der Waals surface area contributed by atoms with Gasteiger partial charge in [0.1, 0.15) is 18.1 Å². The molecular weight excluding hydrogens is 460 g/mol. The van der Waals surface area contributed by atoms with Gasteiger partial charge in [-0.1, -0.05) is 28.1 Å². The van der Waals surface area contributed by atoms with Gasteiger partial charge in [0.15, 0.2) is 5.76 Å². The highest BCUT2D eigenvalue weighted by atomic mass is 79.9. The van der Waals surface area contributed by atoms with Crippen molar-refractivity contribution in [2.45, 2.75) is 25.9 Å². The van der Waals surface area contributed by atoms with Crippen LogP contribution in [-0.2, 0) is 6.61 Å². The summed E-state index contributed by atoms with van der Waals surface area (Å²) in [6, 6.07) is 17.8. The Balaban J connectivity index is 1.36. The summed E-state index contributed by atoms with van der Waals surface area (Å²) in [5.74, 6) is 1.05. The molecule has 1 N–H and O–H groups in total. The third-order valence-electron chi connectivity index (χ3n) is 5.07. The molecule has 0 spiro atoms. The van der Waals surface area contributed by atoms with E-state index in [2.05, 4.69) is 21.2 Å². The average molecular weight is 483 g/mol. The number of halogens is 1. The SMILES string of the molecule is O=C(Nc1cccc(C(=O)N2CCCCC2)c1)c1ccc(COc2cccc(Br)c2)o1. The minimum absolute atomic E-state index is 0.000723. The van der Waals surface area contributed by atoms with Crippen molar-refractivity contribution in [1.82, 2.24) is 4.90 Å². The molecule has 0 radical (unpaired) electrons. The number of nitrogens with zero attached hydrogens (tertiary/aromatic N) is 1. The molecule has 0 atom stereocenters. The Bertz CT molecular complexity index is 1070. The van der Waals surface area contributed by atoms with E-state index in [-0.39, 0.29) is 24.2 Å². The summed E-state index contributed by atoms with van der Waals surface area (Å²) in [7, 11) is 0. The fourth-order valence-corrected chi connectivity index (χ4v) is 3.87. The van der Waals surface area contributed by atoms with Crippen molar-refractivity contribution in [3.63, 3.8) is 0 Å². The van der Waals surface area contributed by atoms with Crippen molar-refractivity contribution in [3.05, 3.63) is 82.2 Å². The fourth-order valence-electron chi connectivity index (χ4n) is 3.49. The van der Waals surface area contributed by atoms with Crippen LogP contribution in [-0.4, -0.2) is 29.8 Å². The van der Waals surface area contributed by atoms with Crippen molar-refractivity contribution >= 4 is 33.4 Å². The van der Waals surface area contributed by atoms with E-state index in [0.717, 1.165) is 30.4 Å². The van der Waals surface area contributed by atoms with Gasteiger partial charge >= 0.3 is 0 Å². The Labute approximate surface area is 189 Å². The number of ether oxygens (including phenoxy) is 1. The van der Waals surface area contributed by atoms with E-state index in [1.165, 1.54) is 6.42 Å². The van der Waals surface area contributed by atoms with Crippen molar-refractivity contribution in [2.75, 3.05) is 18.4 Å². The van der Waals surface area contributed by atoms with Gasteiger partial charge in [0.25, 0.3) is 11.8 Å². The van der Waals surface area contributed by atoms with E-state index >= 15 is 0 Å². The van der Waals surface area contributed by atoms with Gasteiger partial charge in [0, 0.05) is 28.8 Å². The number of hydrogen-bond donors (Lipinski definition) is 1. The van der Waals surface area contributed by atoms with E-state index in [9.17, 15) is 9.59 Å². The van der Waals surface area contributed by atoms with Crippen LogP contribution < -0.4 is 10.1 Å². The lowest BCUT2D eigenvalue weighted by molar-refractivity contribution is 0.0724. The van der Waals surface area contributed by atoms with Gasteiger partial charge < -0.3 is 19.4 Å². The molecule has 4 rings (SSSR count). The summed E-state index contributed by atoms with van der Waals surface area (Å²) < 4.78 is 12.2. The van der Waals surface area contributed by atoms with Gasteiger partial charge in [-0.2, -0.15) is 0 Å². The minimum Gasteiger partial charge on any atom is -0.486 e. The molecule has 1 saturated heterocycles. The number of furan rings is 1. The highest BCUT2D eigenvalue weighted by molar-refractivity contribution is 9.10. The van der Waals surface area contributed by atoms with Crippen LogP contribution in [0, 0.1) is 0 Å². The van der Waals surface area contributed by atoms with E-state index in [4.69, 9.17) is 9.15 Å². The standard InChI is InChI=1S/C24H23BrN2O4/c25-18-7-5-9-20(15-18)30-16-21-10-11-22(31-21)23(28)26-19-8-4-6-17(14-19)24(29)27-12-2-1-3-13-27/h4-11,14-15H,1-3,12-13,16H2,(H,26,28). The number of piperidine rings is 1. The molecule has 1 fully saturated rings. The lowest BCUT2D eigenvalue weighted by atomic mass is 10.1. The largest absolute Gasteiger partial charge is 0.486 e. The summed E-state index contributed by atoms with van der Waals surface area (Å²) in [5, 5.41) is 2.80. The topological polar surface area (TPSA) is 71.8 Å². The summed E-state index contributed by atoms with van der Waals surface area (Å²) in [4.78, 5) is 27.2. The number of nitrogens with one attached hydrogen (secondary N) is 1. The van der Waals surface area contributed by atoms with Crippen molar-refractivity contribution in [2.24, 2.45) is 0 Å². The van der Waals surface area contributed by atoms with Gasteiger partial charge in [0.05, 0.1) is 0 Å². The zero-order valence-electron chi connectivity index (χ0n) is 17.0. The second-order valence-electron chi connectivity index (χ2n) is 7.40. The second-order valence-corrected chi connectivity index (χ2v) is 8.32. The summed E-state index contributed by atoms with van der Waals surface area (Å²) in [6.07, 6.45) is 3.24. The van der Waals surface area contributed by atoms with Crippen LogP contribution in [0.2, 0.25) is 0 Å². The minimum atomic E-state index is -0.378. The maximum atomic E-state index is 12.7. The predicted octanol–water partition coefficient (Wildman–Crippen LogP) is 5.50. The zero-order chi connectivity index (χ0) is 21.6. The Kier molecular flexibility index (Phi) is 6.72. The number of benzene rings is 2. The van der Waals surface area contributed by atoms with E-state index in [0.29, 0.717) is 22.8 Å². The van der Waals surface area contributed by atoms with Crippen LogP contribution in [0.25, 0.3) is 0 Å². The summed E-state index contributed by atoms with van der Waals surface area (Å²) in [6.45, 7) is 1.78. The Morgan fingerprint density at radius 3 is 2.61 bits per heavy atom. The van der Waals surface area contributed by atoms with Crippen LogP contribution in [0.4, 0.5) is 5.69 Å². The molecule has 7 heteroatoms. The average Bonchev–Trinajstić information content (AvgIpc) is 3.27. The lowest BCUT2D eigenvalue weighted by Crippen LogP contribution is -2.35.